The van der Waals surface area contributed by atoms with Crippen molar-refractivity contribution in [1.29, 1.82) is 0 Å². The fourth-order valence-corrected chi connectivity index (χ4v) is 2.20. The first kappa shape index (κ1) is 15.2. The van der Waals surface area contributed by atoms with Gasteiger partial charge >= 0.3 is 0 Å². The first-order valence-corrected chi connectivity index (χ1v) is 6.86. The summed E-state index contributed by atoms with van der Waals surface area (Å²) in [7, 11) is 4.13. The number of aliphatic hydroxyl groups excluding tert-OH is 1. The van der Waals surface area contributed by atoms with E-state index < -0.39 is 0 Å². The maximum absolute atomic E-state index is 8.74. The van der Waals surface area contributed by atoms with E-state index >= 15 is 0 Å². The van der Waals surface area contributed by atoms with Gasteiger partial charge in [0.1, 0.15) is 0 Å². The highest BCUT2D eigenvalue weighted by Crippen LogP contribution is 2.18. The molecule has 1 N–H and O–H groups in total. The summed E-state index contributed by atoms with van der Waals surface area (Å²) in [4.78, 5) is 2.33. The van der Waals surface area contributed by atoms with Gasteiger partial charge in [0.2, 0.25) is 0 Å². The molecule has 0 saturated carbocycles. The lowest BCUT2D eigenvalue weighted by molar-refractivity contribution is 0.271. The number of hydrogen-bond donors (Lipinski definition) is 1. The minimum Gasteiger partial charge on any atom is -0.396 e. The zero-order chi connectivity index (χ0) is 13.5. The Hall–Kier alpha value is -0.870. The van der Waals surface area contributed by atoms with Crippen LogP contribution in [0.25, 0.3) is 0 Å². The topological polar surface area (TPSA) is 41.3 Å². The zero-order valence-corrected chi connectivity index (χ0v) is 12.2. The molecule has 0 aromatic carbocycles. The Morgan fingerprint density at radius 2 is 2.06 bits per heavy atom. The molecule has 0 aliphatic heterocycles. The number of rotatable bonds is 8. The number of unbranched alkanes of at least 4 members (excludes halogenated alkanes) is 2. The predicted molar refractivity (Wildman–Crippen MR) is 74.6 cm³/mol. The molecule has 18 heavy (non-hydrogen) atoms. The van der Waals surface area contributed by atoms with Crippen LogP contribution >= 0.6 is 0 Å². The smallest absolute Gasteiger partial charge is 0.0694 e. The maximum atomic E-state index is 8.74. The highest BCUT2D eigenvalue weighted by atomic mass is 16.2. The summed E-state index contributed by atoms with van der Waals surface area (Å²) in [6, 6.07) is 0. The Morgan fingerprint density at radius 1 is 1.33 bits per heavy atom. The maximum Gasteiger partial charge on any atom is 0.0694 e. The number of nitrogens with zero attached hydrogens (tertiary/aromatic N) is 3. The molecular formula is C14H27N3O. The van der Waals surface area contributed by atoms with Crippen molar-refractivity contribution in [1.82, 2.24) is 14.7 Å². The monoisotopic (exact) mass is 253 g/mol. The Balaban J connectivity index is 2.45. The van der Waals surface area contributed by atoms with Gasteiger partial charge in [0.05, 0.1) is 5.69 Å². The first-order chi connectivity index (χ1) is 8.54. The molecule has 104 valence electrons. The second-order valence-corrected chi connectivity index (χ2v) is 5.39. The summed E-state index contributed by atoms with van der Waals surface area (Å²) in [5, 5.41) is 13.3. The molecule has 0 saturated heterocycles. The summed E-state index contributed by atoms with van der Waals surface area (Å²) in [6.45, 7) is 6.72. The van der Waals surface area contributed by atoms with Gasteiger partial charge in [-0.2, -0.15) is 5.10 Å². The Bertz CT molecular complexity index is 347. The quantitative estimate of drug-likeness (QED) is 0.722. The SMILES string of the molecule is CC(C)c1nn(C)cc1CN(C)CCCCCO. The van der Waals surface area contributed by atoms with Crippen LogP contribution in [0.15, 0.2) is 6.20 Å². The molecule has 1 aromatic rings. The molecule has 0 atom stereocenters. The average molecular weight is 253 g/mol. The van der Waals surface area contributed by atoms with Crippen LogP contribution in [0.4, 0.5) is 0 Å². The van der Waals surface area contributed by atoms with E-state index in [-0.39, 0.29) is 0 Å². The van der Waals surface area contributed by atoms with Gasteiger partial charge in [-0.25, -0.2) is 0 Å². The number of aromatic nitrogens is 2. The summed E-state index contributed by atoms with van der Waals surface area (Å²) in [6.07, 6.45) is 5.29. The molecule has 0 spiro atoms. The standard InChI is InChI=1S/C14H27N3O/c1-12(2)14-13(11-17(4)15-14)10-16(3)8-6-5-7-9-18/h11-12,18H,5-10H2,1-4H3. The van der Waals surface area contributed by atoms with E-state index in [1.807, 2.05) is 11.7 Å². The van der Waals surface area contributed by atoms with Crippen LogP contribution in [-0.4, -0.2) is 40.0 Å². The summed E-state index contributed by atoms with van der Waals surface area (Å²) in [5.74, 6) is 0.476. The normalized spacial score (nSPS) is 11.7. The molecule has 4 nitrogen and oxygen atoms in total. The van der Waals surface area contributed by atoms with E-state index in [9.17, 15) is 0 Å². The van der Waals surface area contributed by atoms with Crippen LogP contribution in [0.2, 0.25) is 0 Å². The summed E-state index contributed by atoms with van der Waals surface area (Å²) in [5.41, 5.74) is 2.54. The Kier molecular flexibility index (Phi) is 6.36. The minimum absolute atomic E-state index is 0.309. The van der Waals surface area contributed by atoms with E-state index in [2.05, 4.69) is 37.1 Å². The van der Waals surface area contributed by atoms with Crippen LogP contribution in [0.5, 0.6) is 0 Å². The molecule has 0 fully saturated rings. The predicted octanol–water partition coefficient (Wildman–Crippen LogP) is 2.14. The average Bonchev–Trinajstić information content (AvgIpc) is 2.66. The second kappa shape index (κ2) is 7.54. The van der Waals surface area contributed by atoms with Gasteiger partial charge in [0, 0.05) is 32.0 Å². The molecule has 1 rings (SSSR count). The van der Waals surface area contributed by atoms with E-state index in [1.165, 1.54) is 11.3 Å². The van der Waals surface area contributed by atoms with Crippen molar-refractivity contribution in [2.75, 3.05) is 20.2 Å². The zero-order valence-electron chi connectivity index (χ0n) is 12.2. The van der Waals surface area contributed by atoms with Gasteiger partial charge in [-0.15, -0.1) is 0 Å². The van der Waals surface area contributed by atoms with Gasteiger partial charge < -0.3 is 10.0 Å². The third kappa shape index (κ3) is 4.78. The molecule has 0 radical (unpaired) electrons. The van der Waals surface area contributed by atoms with Gasteiger partial charge in [-0.3, -0.25) is 4.68 Å². The van der Waals surface area contributed by atoms with Gasteiger partial charge in [-0.05, 0) is 38.8 Å². The van der Waals surface area contributed by atoms with Crippen molar-refractivity contribution >= 4 is 0 Å². The molecule has 1 heterocycles. The van der Waals surface area contributed by atoms with Crippen LogP contribution < -0.4 is 0 Å². The third-order valence-electron chi connectivity index (χ3n) is 3.12. The summed E-state index contributed by atoms with van der Waals surface area (Å²) >= 11 is 0. The second-order valence-electron chi connectivity index (χ2n) is 5.39. The van der Waals surface area contributed by atoms with Crippen molar-refractivity contribution in [3.8, 4) is 0 Å². The van der Waals surface area contributed by atoms with Crippen LogP contribution in [0.3, 0.4) is 0 Å². The lowest BCUT2D eigenvalue weighted by Gasteiger charge is -2.16. The lowest BCUT2D eigenvalue weighted by Crippen LogP contribution is -2.19. The van der Waals surface area contributed by atoms with Crippen molar-refractivity contribution in [3.05, 3.63) is 17.5 Å². The van der Waals surface area contributed by atoms with E-state index in [1.54, 1.807) is 0 Å². The van der Waals surface area contributed by atoms with Gasteiger partial charge in [-0.1, -0.05) is 13.8 Å². The highest BCUT2D eigenvalue weighted by Gasteiger charge is 2.12. The third-order valence-corrected chi connectivity index (χ3v) is 3.12. The molecule has 0 aliphatic carbocycles. The van der Waals surface area contributed by atoms with Gasteiger partial charge in [0.15, 0.2) is 0 Å². The molecular weight excluding hydrogens is 226 g/mol. The molecule has 0 aliphatic rings. The number of aryl methyl sites for hydroxylation is 1. The summed E-state index contributed by atoms with van der Waals surface area (Å²) < 4.78 is 1.91. The van der Waals surface area contributed by atoms with Crippen molar-refractivity contribution in [3.63, 3.8) is 0 Å². The minimum atomic E-state index is 0.309. The Labute approximate surface area is 111 Å². The molecule has 1 aromatic heterocycles. The van der Waals surface area contributed by atoms with E-state index in [4.69, 9.17) is 5.11 Å². The molecule has 0 amide bonds. The molecule has 4 heteroatoms. The first-order valence-electron chi connectivity index (χ1n) is 6.86. The van der Waals surface area contributed by atoms with E-state index in [0.717, 1.165) is 32.4 Å². The van der Waals surface area contributed by atoms with Crippen LogP contribution in [0, 0.1) is 0 Å². The molecule has 0 unspecified atom stereocenters. The highest BCUT2D eigenvalue weighted by molar-refractivity contribution is 5.19. The van der Waals surface area contributed by atoms with Crippen molar-refractivity contribution in [2.45, 2.75) is 45.6 Å². The van der Waals surface area contributed by atoms with Gasteiger partial charge in [0.25, 0.3) is 0 Å². The Morgan fingerprint density at radius 3 is 2.67 bits per heavy atom. The largest absolute Gasteiger partial charge is 0.396 e. The lowest BCUT2D eigenvalue weighted by atomic mass is 10.1. The fraction of sp³-hybridized carbons (Fsp3) is 0.786. The van der Waals surface area contributed by atoms with Crippen LogP contribution in [0.1, 0.15) is 50.3 Å². The molecule has 0 bridgehead atoms. The van der Waals surface area contributed by atoms with E-state index in [0.29, 0.717) is 12.5 Å². The van der Waals surface area contributed by atoms with Crippen molar-refractivity contribution in [2.24, 2.45) is 7.05 Å². The van der Waals surface area contributed by atoms with Crippen molar-refractivity contribution < 1.29 is 5.11 Å². The van der Waals surface area contributed by atoms with Crippen LogP contribution in [-0.2, 0) is 13.6 Å². The number of hydrogen-bond acceptors (Lipinski definition) is 3. The number of aliphatic hydroxyl groups is 1. The fourth-order valence-electron chi connectivity index (χ4n) is 2.20.